The lowest BCUT2D eigenvalue weighted by Gasteiger charge is -1.99. The third-order valence-electron chi connectivity index (χ3n) is 1.63. The third kappa shape index (κ3) is 4.89. The molecule has 0 N–H and O–H groups in total. The Morgan fingerprint density at radius 2 is 2.00 bits per heavy atom. The molecule has 0 bridgehead atoms. The molecule has 0 unspecified atom stereocenters. The summed E-state index contributed by atoms with van der Waals surface area (Å²) in [6.07, 6.45) is -0.0941. The lowest BCUT2D eigenvalue weighted by molar-refractivity contribution is -0.141. The molecule has 0 aliphatic rings. The van der Waals surface area contributed by atoms with Crippen molar-refractivity contribution >= 4 is 23.6 Å². The number of benzene rings is 1. The average molecular weight is 247 g/mol. The minimum Gasteiger partial charge on any atom is -0.456 e. The molecule has 0 aliphatic heterocycles. The topological polar surface area (TPSA) is 26.3 Å². The number of halogens is 3. The van der Waals surface area contributed by atoms with Gasteiger partial charge >= 0.3 is 5.97 Å². The normalized spacial score (nSPS) is 11.0. The first kappa shape index (κ1) is 12.6. The summed E-state index contributed by atoms with van der Waals surface area (Å²) in [5, 5.41) is 0.581. The molecule has 16 heavy (non-hydrogen) atoms. The fourth-order valence-electron chi connectivity index (χ4n) is 0.931. The summed E-state index contributed by atoms with van der Waals surface area (Å²) in [7, 11) is 0. The maximum atomic E-state index is 11.7. The van der Waals surface area contributed by atoms with E-state index in [1.165, 1.54) is 6.08 Å². The summed E-state index contributed by atoms with van der Waals surface area (Å²) in [6.45, 7) is -0.885. The van der Waals surface area contributed by atoms with Gasteiger partial charge in [-0.25, -0.2) is 13.6 Å². The quantitative estimate of drug-likeness (QED) is 0.603. The molecule has 0 spiro atoms. The van der Waals surface area contributed by atoms with Gasteiger partial charge in [-0.15, -0.1) is 0 Å². The zero-order valence-corrected chi connectivity index (χ0v) is 8.95. The van der Waals surface area contributed by atoms with Crippen molar-refractivity contribution < 1.29 is 18.3 Å². The van der Waals surface area contributed by atoms with Crippen molar-refractivity contribution in [1.29, 1.82) is 0 Å². The highest BCUT2D eigenvalue weighted by molar-refractivity contribution is 6.30. The van der Waals surface area contributed by atoms with Crippen LogP contribution in [0.25, 0.3) is 6.08 Å². The Morgan fingerprint density at radius 1 is 1.38 bits per heavy atom. The highest BCUT2D eigenvalue weighted by Crippen LogP contribution is 2.10. The van der Waals surface area contributed by atoms with Crippen LogP contribution in [0.4, 0.5) is 8.78 Å². The number of esters is 1. The van der Waals surface area contributed by atoms with Crippen LogP contribution in [0.1, 0.15) is 5.56 Å². The van der Waals surface area contributed by atoms with E-state index in [9.17, 15) is 13.6 Å². The van der Waals surface area contributed by atoms with Crippen LogP contribution in [-0.4, -0.2) is 19.0 Å². The minimum absolute atomic E-state index is 0.581. The van der Waals surface area contributed by atoms with Crippen LogP contribution in [-0.2, 0) is 9.53 Å². The van der Waals surface area contributed by atoms with Crippen LogP contribution in [0.3, 0.4) is 0 Å². The molecule has 0 saturated heterocycles. The maximum Gasteiger partial charge on any atom is 0.330 e. The molecule has 1 rings (SSSR count). The van der Waals surface area contributed by atoms with E-state index in [2.05, 4.69) is 4.74 Å². The molecule has 0 saturated carbocycles. The molecular weight excluding hydrogens is 238 g/mol. The predicted octanol–water partition coefficient (Wildman–Crippen LogP) is 3.16. The lowest BCUT2D eigenvalue weighted by atomic mass is 10.2. The van der Waals surface area contributed by atoms with Gasteiger partial charge in [0.2, 0.25) is 0 Å². The summed E-state index contributed by atoms with van der Waals surface area (Å²) in [5.74, 6) is -0.796. The second kappa shape index (κ2) is 6.23. The van der Waals surface area contributed by atoms with Crippen molar-refractivity contribution in [2.24, 2.45) is 0 Å². The van der Waals surface area contributed by atoms with Crippen LogP contribution in [0, 0.1) is 0 Å². The Bertz CT molecular complexity index is 374. The van der Waals surface area contributed by atoms with Crippen LogP contribution in [0.5, 0.6) is 0 Å². The van der Waals surface area contributed by atoms with E-state index in [0.29, 0.717) is 5.02 Å². The molecule has 0 fully saturated rings. The van der Waals surface area contributed by atoms with Crippen molar-refractivity contribution in [2.45, 2.75) is 6.43 Å². The average Bonchev–Trinajstić information content (AvgIpc) is 2.25. The van der Waals surface area contributed by atoms with E-state index in [-0.39, 0.29) is 0 Å². The molecule has 0 amide bonds. The molecule has 86 valence electrons. The first-order valence-electron chi connectivity index (χ1n) is 4.46. The summed E-state index contributed by atoms with van der Waals surface area (Å²) in [4.78, 5) is 10.9. The number of ether oxygens (including phenoxy) is 1. The van der Waals surface area contributed by atoms with Gasteiger partial charge in [0, 0.05) is 11.1 Å². The van der Waals surface area contributed by atoms with Gasteiger partial charge < -0.3 is 4.74 Å². The van der Waals surface area contributed by atoms with E-state index >= 15 is 0 Å². The zero-order valence-electron chi connectivity index (χ0n) is 8.20. The van der Waals surface area contributed by atoms with Crippen molar-refractivity contribution in [1.82, 2.24) is 0 Å². The van der Waals surface area contributed by atoms with E-state index in [0.717, 1.165) is 11.6 Å². The monoisotopic (exact) mass is 246 g/mol. The summed E-state index contributed by atoms with van der Waals surface area (Å²) in [6, 6.07) is 6.70. The summed E-state index contributed by atoms with van der Waals surface area (Å²) < 4.78 is 27.6. The highest BCUT2D eigenvalue weighted by Gasteiger charge is 2.04. The standard InChI is InChI=1S/C11H9ClF2O2/c12-9-4-1-8(2-5-9)3-6-11(15)16-7-10(13)14/h1-6,10H,7H2. The smallest absolute Gasteiger partial charge is 0.330 e. The van der Waals surface area contributed by atoms with E-state index < -0.39 is 19.0 Å². The van der Waals surface area contributed by atoms with E-state index in [4.69, 9.17) is 11.6 Å². The molecular formula is C11H9ClF2O2. The van der Waals surface area contributed by atoms with Crippen molar-refractivity contribution in [2.75, 3.05) is 6.61 Å². The highest BCUT2D eigenvalue weighted by atomic mass is 35.5. The van der Waals surface area contributed by atoms with Crippen molar-refractivity contribution in [3.63, 3.8) is 0 Å². The Labute approximate surface area is 96.5 Å². The number of hydrogen-bond donors (Lipinski definition) is 0. The summed E-state index contributed by atoms with van der Waals surface area (Å²) >= 11 is 5.66. The Hall–Kier alpha value is -1.42. The predicted molar refractivity (Wildman–Crippen MR) is 57.4 cm³/mol. The first-order valence-corrected chi connectivity index (χ1v) is 4.84. The minimum atomic E-state index is -2.65. The van der Waals surface area contributed by atoms with Gasteiger partial charge in [-0.3, -0.25) is 0 Å². The van der Waals surface area contributed by atoms with Crippen LogP contribution in [0.2, 0.25) is 5.02 Å². The van der Waals surface area contributed by atoms with Gasteiger partial charge in [0.25, 0.3) is 6.43 Å². The molecule has 0 aliphatic carbocycles. The zero-order chi connectivity index (χ0) is 12.0. The van der Waals surface area contributed by atoms with Crippen LogP contribution in [0.15, 0.2) is 30.3 Å². The molecule has 1 aromatic rings. The fraction of sp³-hybridized carbons (Fsp3) is 0.182. The number of carbonyl (C=O) groups is 1. The van der Waals surface area contributed by atoms with Crippen molar-refractivity contribution in [3.05, 3.63) is 40.9 Å². The second-order valence-corrected chi connectivity index (χ2v) is 3.34. The summed E-state index contributed by atoms with van der Waals surface area (Å²) in [5.41, 5.74) is 0.735. The molecule has 0 heterocycles. The van der Waals surface area contributed by atoms with Gasteiger partial charge in [-0.05, 0) is 23.8 Å². The van der Waals surface area contributed by atoms with Gasteiger partial charge in [0.05, 0.1) is 0 Å². The van der Waals surface area contributed by atoms with Gasteiger partial charge in [0.15, 0.2) is 6.61 Å². The molecule has 0 aromatic heterocycles. The van der Waals surface area contributed by atoms with Crippen molar-refractivity contribution in [3.8, 4) is 0 Å². The van der Waals surface area contributed by atoms with Crippen LogP contribution < -0.4 is 0 Å². The molecule has 0 atom stereocenters. The Balaban J connectivity index is 2.47. The van der Waals surface area contributed by atoms with Crippen LogP contribution >= 0.6 is 11.6 Å². The molecule has 5 heteroatoms. The number of alkyl halides is 2. The van der Waals surface area contributed by atoms with Gasteiger partial charge in [-0.2, -0.15) is 0 Å². The third-order valence-corrected chi connectivity index (χ3v) is 1.89. The second-order valence-electron chi connectivity index (χ2n) is 2.91. The Kier molecular flexibility index (Phi) is 4.92. The Morgan fingerprint density at radius 3 is 2.56 bits per heavy atom. The SMILES string of the molecule is O=C(C=Cc1ccc(Cl)cc1)OCC(F)F. The number of hydrogen-bond acceptors (Lipinski definition) is 2. The fourth-order valence-corrected chi connectivity index (χ4v) is 1.06. The lowest BCUT2D eigenvalue weighted by Crippen LogP contribution is -2.08. The molecule has 1 aromatic carbocycles. The largest absolute Gasteiger partial charge is 0.456 e. The van der Waals surface area contributed by atoms with E-state index in [1.54, 1.807) is 24.3 Å². The number of rotatable bonds is 4. The molecule has 0 radical (unpaired) electrons. The van der Waals surface area contributed by atoms with Gasteiger partial charge in [0.1, 0.15) is 0 Å². The maximum absolute atomic E-state index is 11.7. The molecule has 2 nitrogen and oxygen atoms in total. The number of carbonyl (C=O) groups excluding carboxylic acids is 1. The van der Waals surface area contributed by atoms with Gasteiger partial charge in [-0.1, -0.05) is 23.7 Å². The van der Waals surface area contributed by atoms with E-state index in [1.807, 2.05) is 0 Å². The first-order chi connectivity index (χ1) is 7.58.